The van der Waals surface area contributed by atoms with Crippen molar-refractivity contribution in [3.63, 3.8) is 0 Å². The van der Waals surface area contributed by atoms with Crippen LogP contribution in [0.2, 0.25) is 0 Å². The van der Waals surface area contributed by atoms with Gasteiger partial charge in [-0.15, -0.1) is 0 Å². The SMILES string of the molecule is CC(C)COCc1ccc(COCC(C)C)o1. The Balaban J connectivity index is 2.23. The van der Waals surface area contributed by atoms with Crippen molar-refractivity contribution in [2.45, 2.75) is 40.9 Å². The second-order valence-electron chi connectivity index (χ2n) is 5.19. The maximum Gasteiger partial charge on any atom is 0.129 e. The van der Waals surface area contributed by atoms with E-state index in [1.54, 1.807) is 0 Å². The number of ether oxygens (including phenoxy) is 2. The van der Waals surface area contributed by atoms with Crippen molar-refractivity contribution in [2.75, 3.05) is 13.2 Å². The van der Waals surface area contributed by atoms with E-state index in [-0.39, 0.29) is 0 Å². The average Bonchev–Trinajstić information content (AvgIpc) is 2.65. The van der Waals surface area contributed by atoms with Crippen molar-refractivity contribution in [1.29, 1.82) is 0 Å². The van der Waals surface area contributed by atoms with Crippen LogP contribution in [0.5, 0.6) is 0 Å². The van der Waals surface area contributed by atoms with E-state index < -0.39 is 0 Å². The molecule has 0 bridgehead atoms. The lowest BCUT2D eigenvalue weighted by molar-refractivity contribution is 0.0701. The van der Waals surface area contributed by atoms with Gasteiger partial charge in [-0.05, 0) is 24.0 Å². The lowest BCUT2D eigenvalue weighted by atomic mass is 10.2. The van der Waals surface area contributed by atoms with Crippen LogP contribution < -0.4 is 0 Å². The van der Waals surface area contributed by atoms with Gasteiger partial charge in [-0.2, -0.15) is 0 Å². The third-order valence-corrected chi connectivity index (χ3v) is 2.11. The molecular weight excluding hydrogens is 216 g/mol. The first kappa shape index (κ1) is 14.3. The highest BCUT2D eigenvalue weighted by molar-refractivity contribution is 5.05. The number of furan rings is 1. The molecule has 0 spiro atoms. The summed E-state index contributed by atoms with van der Waals surface area (Å²) in [6.45, 7) is 11.1. The van der Waals surface area contributed by atoms with Crippen LogP contribution in [0.1, 0.15) is 39.2 Å². The summed E-state index contributed by atoms with van der Waals surface area (Å²) in [6, 6.07) is 3.91. The summed E-state index contributed by atoms with van der Waals surface area (Å²) in [7, 11) is 0. The molecule has 98 valence electrons. The second kappa shape index (κ2) is 7.51. The highest BCUT2D eigenvalue weighted by Gasteiger charge is 2.04. The van der Waals surface area contributed by atoms with Gasteiger partial charge in [0.25, 0.3) is 0 Å². The van der Waals surface area contributed by atoms with Crippen LogP contribution in [-0.4, -0.2) is 13.2 Å². The third kappa shape index (κ3) is 6.49. The van der Waals surface area contributed by atoms with Crippen molar-refractivity contribution in [3.05, 3.63) is 23.7 Å². The van der Waals surface area contributed by atoms with E-state index in [9.17, 15) is 0 Å². The maximum atomic E-state index is 5.60. The summed E-state index contributed by atoms with van der Waals surface area (Å²) in [4.78, 5) is 0. The minimum atomic E-state index is 0.544. The van der Waals surface area contributed by atoms with Crippen molar-refractivity contribution in [2.24, 2.45) is 11.8 Å². The Hall–Kier alpha value is -0.800. The van der Waals surface area contributed by atoms with E-state index in [1.807, 2.05) is 12.1 Å². The molecule has 0 aliphatic heterocycles. The highest BCUT2D eigenvalue weighted by Crippen LogP contribution is 2.11. The van der Waals surface area contributed by atoms with E-state index in [0.29, 0.717) is 25.0 Å². The van der Waals surface area contributed by atoms with Gasteiger partial charge in [0.2, 0.25) is 0 Å². The normalized spacial score (nSPS) is 11.6. The summed E-state index contributed by atoms with van der Waals surface area (Å²) in [5, 5.41) is 0. The van der Waals surface area contributed by atoms with Gasteiger partial charge in [-0.1, -0.05) is 27.7 Å². The Morgan fingerprint density at radius 1 is 0.882 bits per heavy atom. The Kier molecular flexibility index (Phi) is 6.30. The minimum absolute atomic E-state index is 0.544. The second-order valence-corrected chi connectivity index (χ2v) is 5.19. The first-order valence-electron chi connectivity index (χ1n) is 6.31. The summed E-state index contributed by atoms with van der Waals surface area (Å²) >= 11 is 0. The van der Waals surface area contributed by atoms with Crippen LogP contribution in [-0.2, 0) is 22.7 Å². The fraction of sp³-hybridized carbons (Fsp3) is 0.714. The Bertz CT molecular complexity index is 274. The Morgan fingerprint density at radius 3 is 1.65 bits per heavy atom. The molecule has 0 radical (unpaired) electrons. The Labute approximate surface area is 104 Å². The molecule has 3 nitrogen and oxygen atoms in total. The van der Waals surface area contributed by atoms with E-state index in [4.69, 9.17) is 13.9 Å². The van der Waals surface area contributed by atoms with Crippen LogP contribution in [0.3, 0.4) is 0 Å². The smallest absolute Gasteiger partial charge is 0.129 e. The summed E-state index contributed by atoms with van der Waals surface area (Å²) in [6.07, 6.45) is 0. The van der Waals surface area contributed by atoms with Gasteiger partial charge in [0.15, 0.2) is 0 Å². The minimum Gasteiger partial charge on any atom is -0.461 e. The maximum absolute atomic E-state index is 5.60. The fourth-order valence-corrected chi connectivity index (χ4v) is 1.37. The highest BCUT2D eigenvalue weighted by atomic mass is 16.5. The van der Waals surface area contributed by atoms with Crippen molar-refractivity contribution < 1.29 is 13.9 Å². The first-order chi connectivity index (χ1) is 8.08. The molecule has 0 atom stereocenters. The molecule has 0 aliphatic carbocycles. The molecule has 0 unspecified atom stereocenters. The Morgan fingerprint density at radius 2 is 1.29 bits per heavy atom. The number of hydrogen-bond acceptors (Lipinski definition) is 3. The summed E-state index contributed by atoms with van der Waals surface area (Å²) in [5.41, 5.74) is 0. The number of hydrogen-bond donors (Lipinski definition) is 0. The fourth-order valence-electron chi connectivity index (χ4n) is 1.37. The van der Waals surface area contributed by atoms with E-state index >= 15 is 0 Å². The van der Waals surface area contributed by atoms with Crippen molar-refractivity contribution >= 4 is 0 Å². The summed E-state index contributed by atoms with van der Waals surface area (Å²) < 4.78 is 16.6. The van der Waals surface area contributed by atoms with E-state index in [1.165, 1.54) is 0 Å². The molecular formula is C14H24O3. The molecule has 0 fully saturated rings. The zero-order chi connectivity index (χ0) is 12.7. The number of rotatable bonds is 8. The molecule has 0 N–H and O–H groups in total. The van der Waals surface area contributed by atoms with Crippen LogP contribution in [0.15, 0.2) is 16.5 Å². The van der Waals surface area contributed by atoms with Crippen molar-refractivity contribution in [3.8, 4) is 0 Å². The van der Waals surface area contributed by atoms with Gasteiger partial charge < -0.3 is 13.9 Å². The molecule has 0 saturated carbocycles. The lowest BCUT2D eigenvalue weighted by Crippen LogP contribution is -2.01. The molecule has 0 saturated heterocycles. The average molecular weight is 240 g/mol. The van der Waals surface area contributed by atoms with Gasteiger partial charge >= 0.3 is 0 Å². The monoisotopic (exact) mass is 240 g/mol. The topological polar surface area (TPSA) is 31.6 Å². The standard InChI is InChI=1S/C14H24O3/c1-11(2)7-15-9-13-5-6-14(17-13)10-16-8-12(3)4/h5-6,11-12H,7-10H2,1-4H3. The summed E-state index contributed by atoms with van der Waals surface area (Å²) in [5.74, 6) is 2.85. The zero-order valence-electron chi connectivity index (χ0n) is 11.4. The van der Waals surface area contributed by atoms with Crippen molar-refractivity contribution in [1.82, 2.24) is 0 Å². The molecule has 1 aromatic heterocycles. The third-order valence-electron chi connectivity index (χ3n) is 2.11. The first-order valence-corrected chi connectivity index (χ1v) is 6.31. The van der Waals surface area contributed by atoms with Gasteiger partial charge in [0, 0.05) is 13.2 Å². The lowest BCUT2D eigenvalue weighted by Gasteiger charge is -2.05. The van der Waals surface area contributed by atoms with Crippen LogP contribution in [0.25, 0.3) is 0 Å². The molecule has 0 aliphatic rings. The van der Waals surface area contributed by atoms with E-state index in [0.717, 1.165) is 24.7 Å². The zero-order valence-corrected chi connectivity index (χ0v) is 11.4. The van der Waals surface area contributed by atoms with Gasteiger partial charge in [-0.3, -0.25) is 0 Å². The molecule has 3 heteroatoms. The molecule has 1 rings (SSSR count). The van der Waals surface area contributed by atoms with Crippen LogP contribution >= 0.6 is 0 Å². The largest absolute Gasteiger partial charge is 0.461 e. The van der Waals surface area contributed by atoms with Gasteiger partial charge in [0.05, 0.1) is 0 Å². The quantitative estimate of drug-likeness (QED) is 0.695. The van der Waals surface area contributed by atoms with Crippen LogP contribution in [0, 0.1) is 11.8 Å². The molecule has 1 heterocycles. The molecule has 17 heavy (non-hydrogen) atoms. The van der Waals surface area contributed by atoms with E-state index in [2.05, 4.69) is 27.7 Å². The molecule has 1 aromatic rings. The molecule has 0 aromatic carbocycles. The van der Waals surface area contributed by atoms with Gasteiger partial charge in [-0.25, -0.2) is 0 Å². The predicted octanol–water partition coefficient (Wildman–Crippen LogP) is 3.62. The van der Waals surface area contributed by atoms with Crippen LogP contribution in [0.4, 0.5) is 0 Å². The van der Waals surface area contributed by atoms with Gasteiger partial charge in [0.1, 0.15) is 24.7 Å². The predicted molar refractivity (Wildman–Crippen MR) is 67.7 cm³/mol. The molecule has 0 amide bonds.